The Morgan fingerprint density at radius 2 is 1.76 bits per heavy atom. The number of nitrogens with one attached hydrogen (secondary N) is 1. The lowest BCUT2D eigenvalue weighted by molar-refractivity contribution is 0.0846. The molecule has 11 heteroatoms. The maximum Gasteiger partial charge on any atom is 0.269 e. The summed E-state index contributed by atoms with van der Waals surface area (Å²) in [7, 11) is -7.68. The summed E-state index contributed by atoms with van der Waals surface area (Å²) in [5.74, 6) is -1.52. The highest BCUT2D eigenvalue weighted by Gasteiger charge is 2.42. The molecule has 2 aromatic carbocycles. The Morgan fingerprint density at radius 3 is 2.31 bits per heavy atom. The maximum atomic E-state index is 12.6. The number of fused-ring (bicyclic) bond motifs is 1. The van der Waals surface area contributed by atoms with E-state index in [1.165, 1.54) is 42.5 Å². The van der Waals surface area contributed by atoms with E-state index in [9.17, 15) is 26.4 Å². The molecule has 1 aliphatic rings. The summed E-state index contributed by atoms with van der Waals surface area (Å²) in [5, 5.41) is 7.59. The van der Waals surface area contributed by atoms with E-state index in [1.54, 1.807) is 13.8 Å². The minimum absolute atomic E-state index is 0.0302. The molecule has 0 spiro atoms. The topological polar surface area (TPSA) is 144 Å². The average molecular weight is 437 g/mol. The first-order valence-electron chi connectivity index (χ1n) is 8.54. The summed E-state index contributed by atoms with van der Waals surface area (Å²) >= 11 is 0. The van der Waals surface area contributed by atoms with Crippen molar-refractivity contribution in [2.24, 2.45) is 5.14 Å². The van der Waals surface area contributed by atoms with E-state index in [2.05, 4.69) is 5.32 Å². The van der Waals surface area contributed by atoms with Gasteiger partial charge in [-0.3, -0.25) is 9.59 Å². The van der Waals surface area contributed by atoms with Crippen LogP contribution in [0.4, 0.5) is 5.69 Å². The predicted molar refractivity (Wildman–Crippen MR) is 106 cm³/mol. The minimum Gasteiger partial charge on any atom is -0.322 e. The van der Waals surface area contributed by atoms with Gasteiger partial charge < -0.3 is 5.32 Å². The number of hydrogen-bond acceptors (Lipinski definition) is 6. The number of anilines is 1. The van der Waals surface area contributed by atoms with Crippen LogP contribution < -0.4 is 10.5 Å². The van der Waals surface area contributed by atoms with Crippen LogP contribution in [-0.4, -0.2) is 39.0 Å². The molecule has 0 saturated carbocycles. The van der Waals surface area contributed by atoms with Crippen LogP contribution in [0.2, 0.25) is 0 Å². The van der Waals surface area contributed by atoms with Crippen LogP contribution in [0.3, 0.4) is 0 Å². The third-order valence-corrected chi connectivity index (χ3v) is 6.99. The van der Waals surface area contributed by atoms with Gasteiger partial charge in [-0.15, -0.1) is 0 Å². The average Bonchev–Trinajstić information content (AvgIpc) is 2.81. The highest BCUT2D eigenvalue weighted by molar-refractivity contribution is 7.90. The molecular formula is C18H19N3O6S2. The minimum atomic E-state index is -4.01. The van der Waals surface area contributed by atoms with Crippen molar-refractivity contribution in [3.05, 3.63) is 59.2 Å². The van der Waals surface area contributed by atoms with Crippen LogP contribution in [0.15, 0.2) is 47.4 Å². The Hall–Kier alpha value is -2.76. The van der Waals surface area contributed by atoms with Gasteiger partial charge in [0.15, 0.2) is 0 Å². The number of primary sulfonamides is 1. The second-order valence-electron chi connectivity index (χ2n) is 6.87. The first-order chi connectivity index (χ1) is 13.4. The standard InChI is InChI=1S/C18H19N3O6S2/c1-11(2)21-18(23)15-8-5-13(9-16(15)29(21,26)27)17(22)20-14-6-3-12(4-7-14)10-28(19,24)25/h3-9,11H,10H2,1-2H3,(H,20,22)(H2,19,24,25). The first-order valence-corrected chi connectivity index (χ1v) is 11.7. The van der Waals surface area contributed by atoms with Gasteiger partial charge in [0.1, 0.15) is 4.90 Å². The smallest absolute Gasteiger partial charge is 0.269 e. The molecule has 0 bridgehead atoms. The molecule has 0 unspecified atom stereocenters. The van der Waals surface area contributed by atoms with Crippen molar-refractivity contribution >= 4 is 37.5 Å². The van der Waals surface area contributed by atoms with Gasteiger partial charge in [-0.05, 0) is 49.7 Å². The number of amides is 2. The van der Waals surface area contributed by atoms with Crippen molar-refractivity contribution < 1.29 is 26.4 Å². The lowest BCUT2D eigenvalue weighted by atomic mass is 10.1. The van der Waals surface area contributed by atoms with Crippen molar-refractivity contribution in [2.75, 3.05) is 5.32 Å². The molecule has 0 atom stereocenters. The van der Waals surface area contributed by atoms with Gasteiger partial charge in [-0.25, -0.2) is 26.3 Å². The molecule has 0 radical (unpaired) electrons. The molecule has 0 saturated heterocycles. The Kier molecular flexibility index (Phi) is 5.24. The van der Waals surface area contributed by atoms with Crippen LogP contribution in [-0.2, 0) is 25.8 Å². The van der Waals surface area contributed by atoms with Crippen molar-refractivity contribution in [1.82, 2.24) is 4.31 Å². The van der Waals surface area contributed by atoms with Crippen LogP contribution in [0.5, 0.6) is 0 Å². The van der Waals surface area contributed by atoms with Gasteiger partial charge in [0.05, 0.1) is 11.3 Å². The van der Waals surface area contributed by atoms with Crippen molar-refractivity contribution in [3.63, 3.8) is 0 Å². The zero-order chi connectivity index (χ0) is 21.6. The molecule has 0 fully saturated rings. The van der Waals surface area contributed by atoms with Crippen LogP contribution in [0.1, 0.15) is 40.1 Å². The summed E-state index contributed by atoms with van der Waals surface area (Å²) in [6.45, 7) is 3.18. The highest BCUT2D eigenvalue weighted by Crippen LogP contribution is 2.32. The monoisotopic (exact) mass is 437 g/mol. The van der Waals surface area contributed by atoms with E-state index in [0.29, 0.717) is 11.3 Å². The normalized spacial score (nSPS) is 15.4. The number of hydrogen-bond donors (Lipinski definition) is 2. The zero-order valence-corrected chi connectivity index (χ0v) is 17.2. The molecule has 3 rings (SSSR count). The molecule has 29 heavy (non-hydrogen) atoms. The summed E-state index contributed by atoms with van der Waals surface area (Å²) < 4.78 is 48.3. The fourth-order valence-corrected chi connectivity index (χ4v) is 5.47. The van der Waals surface area contributed by atoms with Gasteiger partial charge in [0.25, 0.3) is 21.8 Å². The molecule has 0 aromatic heterocycles. The Bertz CT molecular complexity index is 1200. The third-order valence-electron chi connectivity index (χ3n) is 4.26. The summed E-state index contributed by atoms with van der Waals surface area (Å²) in [5.41, 5.74) is 0.944. The summed E-state index contributed by atoms with van der Waals surface area (Å²) in [6, 6.07) is 9.35. The number of nitrogens with two attached hydrogens (primary N) is 1. The number of rotatable bonds is 5. The van der Waals surface area contributed by atoms with Gasteiger partial charge >= 0.3 is 0 Å². The first kappa shape index (κ1) is 21.0. The Morgan fingerprint density at radius 1 is 1.14 bits per heavy atom. The third kappa shape index (κ3) is 4.16. The molecular weight excluding hydrogens is 418 g/mol. The second-order valence-corrected chi connectivity index (χ2v) is 10.3. The molecule has 9 nitrogen and oxygen atoms in total. The molecule has 1 aliphatic heterocycles. The Labute approximate surface area is 168 Å². The van der Waals surface area contributed by atoms with Crippen molar-refractivity contribution in [2.45, 2.75) is 30.5 Å². The van der Waals surface area contributed by atoms with Gasteiger partial charge in [0, 0.05) is 17.3 Å². The van der Waals surface area contributed by atoms with Gasteiger partial charge in [-0.2, -0.15) is 0 Å². The van der Waals surface area contributed by atoms with E-state index < -0.39 is 37.9 Å². The molecule has 1 heterocycles. The summed E-state index contributed by atoms with van der Waals surface area (Å²) in [4.78, 5) is 24.7. The van der Waals surface area contributed by atoms with E-state index in [4.69, 9.17) is 5.14 Å². The molecule has 3 N–H and O–H groups in total. The van der Waals surface area contributed by atoms with Crippen LogP contribution in [0.25, 0.3) is 0 Å². The predicted octanol–water partition coefficient (Wildman–Crippen LogP) is 1.28. The second kappa shape index (κ2) is 7.25. The van der Waals surface area contributed by atoms with E-state index in [-0.39, 0.29) is 21.8 Å². The number of nitrogens with zero attached hydrogens (tertiary/aromatic N) is 1. The molecule has 154 valence electrons. The highest BCUT2D eigenvalue weighted by atomic mass is 32.2. The summed E-state index contributed by atoms with van der Waals surface area (Å²) in [6.07, 6.45) is 0. The maximum absolute atomic E-state index is 12.6. The fourth-order valence-electron chi connectivity index (χ4n) is 3.02. The van der Waals surface area contributed by atoms with E-state index >= 15 is 0 Å². The quantitative estimate of drug-likeness (QED) is 0.721. The molecule has 2 amide bonds. The largest absolute Gasteiger partial charge is 0.322 e. The van der Waals surface area contributed by atoms with Crippen molar-refractivity contribution in [1.29, 1.82) is 0 Å². The van der Waals surface area contributed by atoms with E-state index in [1.807, 2.05) is 0 Å². The number of benzene rings is 2. The lowest BCUT2D eigenvalue weighted by Gasteiger charge is -2.18. The SMILES string of the molecule is CC(C)N1C(=O)c2ccc(C(=O)Nc3ccc(CS(N)(=O)=O)cc3)cc2S1(=O)=O. The van der Waals surface area contributed by atoms with Crippen molar-refractivity contribution in [3.8, 4) is 0 Å². The Balaban J connectivity index is 1.84. The zero-order valence-electron chi connectivity index (χ0n) is 15.6. The fraction of sp³-hybridized carbons (Fsp3) is 0.222. The number of carbonyl (C=O) groups excluding carboxylic acids is 2. The molecule has 0 aliphatic carbocycles. The lowest BCUT2D eigenvalue weighted by Crippen LogP contribution is -2.36. The number of sulfonamides is 2. The van der Waals surface area contributed by atoms with Crippen LogP contribution >= 0.6 is 0 Å². The van der Waals surface area contributed by atoms with E-state index in [0.717, 1.165) is 4.31 Å². The molecule has 2 aromatic rings. The van der Waals surface area contributed by atoms with Gasteiger partial charge in [-0.1, -0.05) is 12.1 Å². The van der Waals surface area contributed by atoms with Crippen LogP contribution in [0, 0.1) is 0 Å². The van der Waals surface area contributed by atoms with Gasteiger partial charge in [0.2, 0.25) is 10.0 Å². The number of carbonyl (C=O) groups is 2.